The molecule has 0 amide bonds. The zero-order valence-corrected chi connectivity index (χ0v) is 13.1. The molecule has 3 N–H and O–H groups in total. The van der Waals surface area contributed by atoms with Crippen LogP contribution in [0.2, 0.25) is 0 Å². The summed E-state index contributed by atoms with van der Waals surface area (Å²) in [6.45, 7) is 0. The number of nitrogens with one attached hydrogen (secondary N) is 1. The molecule has 3 nitrogen and oxygen atoms in total. The van der Waals surface area contributed by atoms with Crippen molar-refractivity contribution in [2.75, 3.05) is 5.73 Å². The normalized spacial score (nSPS) is 11.2. The molecule has 0 aliphatic carbocycles. The summed E-state index contributed by atoms with van der Waals surface area (Å²) in [5.41, 5.74) is 9.50. The van der Waals surface area contributed by atoms with Gasteiger partial charge in [0, 0.05) is 15.4 Å². The first-order valence-corrected chi connectivity index (χ1v) is 7.58. The quantitative estimate of drug-likeness (QED) is 0.457. The van der Waals surface area contributed by atoms with E-state index in [0.717, 1.165) is 26.9 Å². The highest BCUT2D eigenvalue weighted by Crippen LogP contribution is 2.30. The standard InChI is InChI=1S/C11H7BrIN3S/c12-6-2-7(14)10-8(3-6)15-11(16-10)5-1-9(13)17-4-5/h1-4H,14H2,(H,15,16). The van der Waals surface area contributed by atoms with Crippen LogP contribution in [0.25, 0.3) is 22.4 Å². The van der Waals surface area contributed by atoms with E-state index in [1.54, 1.807) is 11.3 Å². The molecule has 2 heterocycles. The van der Waals surface area contributed by atoms with Gasteiger partial charge < -0.3 is 10.7 Å². The lowest BCUT2D eigenvalue weighted by atomic mass is 10.3. The van der Waals surface area contributed by atoms with E-state index < -0.39 is 0 Å². The maximum atomic E-state index is 5.94. The van der Waals surface area contributed by atoms with Crippen LogP contribution in [0.1, 0.15) is 0 Å². The molecular weight excluding hydrogens is 413 g/mol. The van der Waals surface area contributed by atoms with E-state index in [4.69, 9.17) is 5.73 Å². The van der Waals surface area contributed by atoms with Crippen molar-refractivity contribution in [3.8, 4) is 11.4 Å². The first-order chi connectivity index (χ1) is 8.13. The molecule has 0 saturated heterocycles. The lowest BCUT2D eigenvalue weighted by Crippen LogP contribution is -1.86. The molecule has 1 aromatic carbocycles. The molecule has 2 aromatic heterocycles. The van der Waals surface area contributed by atoms with Gasteiger partial charge in [0.1, 0.15) is 11.3 Å². The lowest BCUT2D eigenvalue weighted by molar-refractivity contribution is 1.35. The van der Waals surface area contributed by atoms with Gasteiger partial charge >= 0.3 is 0 Å². The van der Waals surface area contributed by atoms with E-state index >= 15 is 0 Å². The summed E-state index contributed by atoms with van der Waals surface area (Å²) in [6.07, 6.45) is 0. The molecule has 3 rings (SSSR count). The molecule has 0 saturated carbocycles. The molecule has 0 aliphatic rings. The van der Waals surface area contributed by atoms with E-state index in [0.29, 0.717) is 5.69 Å². The number of nitrogens with two attached hydrogens (primary N) is 1. The van der Waals surface area contributed by atoms with E-state index in [2.05, 4.69) is 59.9 Å². The molecule has 6 heteroatoms. The Morgan fingerprint density at radius 2 is 2.18 bits per heavy atom. The second kappa shape index (κ2) is 4.25. The molecule has 0 radical (unpaired) electrons. The molecule has 0 fully saturated rings. The Labute approximate surface area is 124 Å². The van der Waals surface area contributed by atoms with Crippen LogP contribution in [0.3, 0.4) is 0 Å². The number of aromatic amines is 1. The summed E-state index contributed by atoms with van der Waals surface area (Å²) in [5.74, 6) is 0.865. The van der Waals surface area contributed by atoms with Crippen LogP contribution in [0.5, 0.6) is 0 Å². The number of nitrogens with zero attached hydrogens (tertiary/aromatic N) is 1. The van der Waals surface area contributed by atoms with Crippen molar-refractivity contribution in [3.05, 3.63) is 30.9 Å². The predicted octanol–water partition coefficient (Wildman–Crippen LogP) is 4.24. The minimum absolute atomic E-state index is 0.682. The molecule has 0 unspecified atom stereocenters. The summed E-state index contributed by atoms with van der Waals surface area (Å²) in [6, 6.07) is 5.96. The first kappa shape index (κ1) is 11.5. The van der Waals surface area contributed by atoms with Gasteiger partial charge in [-0.25, -0.2) is 4.98 Å². The third kappa shape index (κ3) is 2.09. The van der Waals surface area contributed by atoms with Crippen LogP contribution in [0, 0.1) is 2.88 Å². The Balaban J connectivity index is 2.23. The zero-order chi connectivity index (χ0) is 12.0. The number of imidazole rings is 1. The van der Waals surface area contributed by atoms with Crippen LogP contribution >= 0.6 is 49.9 Å². The van der Waals surface area contributed by atoms with E-state index in [9.17, 15) is 0 Å². The Bertz CT molecular complexity index is 704. The number of halogens is 2. The average molecular weight is 420 g/mol. The van der Waals surface area contributed by atoms with Gasteiger partial charge in [-0.05, 0) is 40.8 Å². The third-order valence-corrected chi connectivity index (χ3v) is 4.67. The lowest BCUT2D eigenvalue weighted by Gasteiger charge is -1.94. The fourth-order valence-corrected chi connectivity index (χ4v) is 3.49. The Morgan fingerprint density at radius 3 is 2.88 bits per heavy atom. The Morgan fingerprint density at radius 1 is 1.35 bits per heavy atom. The number of hydrogen-bond donors (Lipinski definition) is 2. The number of nitrogen functional groups attached to an aromatic ring is 1. The van der Waals surface area contributed by atoms with Crippen LogP contribution in [0.4, 0.5) is 5.69 Å². The number of aromatic nitrogens is 2. The van der Waals surface area contributed by atoms with Gasteiger partial charge in [-0.1, -0.05) is 15.9 Å². The van der Waals surface area contributed by atoms with E-state index in [-0.39, 0.29) is 0 Å². The second-order valence-corrected chi connectivity index (χ2v) is 7.34. The summed E-state index contributed by atoms with van der Waals surface area (Å²) < 4.78 is 2.20. The molecule has 3 aromatic rings. The van der Waals surface area contributed by atoms with E-state index in [1.807, 2.05) is 12.1 Å². The first-order valence-electron chi connectivity index (χ1n) is 4.82. The topological polar surface area (TPSA) is 54.7 Å². The van der Waals surface area contributed by atoms with Crippen LogP contribution in [0.15, 0.2) is 28.1 Å². The average Bonchev–Trinajstić information content (AvgIpc) is 2.83. The van der Waals surface area contributed by atoms with Crippen molar-refractivity contribution >= 4 is 66.6 Å². The number of rotatable bonds is 1. The SMILES string of the molecule is Nc1cc(Br)cc2[nH]c(-c3csc(I)c3)nc12. The number of benzene rings is 1. The molecule has 0 spiro atoms. The predicted molar refractivity (Wildman–Crippen MR) is 84.2 cm³/mol. The van der Waals surface area contributed by atoms with Crippen molar-refractivity contribution in [2.24, 2.45) is 0 Å². The van der Waals surface area contributed by atoms with Crippen LogP contribution in [-0.2, 0) is 0 Å². The van der Waals surface area contributed by atoms with Gasteiger partial charge in [-0.15, -0.1) is 11.3 Å². The number of anilines is 1. The summed E-state index contributed by atoms with van der Waals surface area (Å²) in [7, 11) is 0. The van der Waals surface area contributed by atoms with Gasteiger partial charge in [-0.2, -0.15) is 0 Å². The molecule has 86 valence electrons. The maximum absolute atomic E-state index is 5.94. The molecule has 0 atom stereocenters. The fraction of sp³-hybridized carbons (Fsp3) is 0. The third-order valence-electron chi connectivity index (χ3n) is 2.42. The van der Waals surface area contributed by atoms with Crippen molar-refractivity contribution in [2.45, 2.75) is 0 Å². The van der Waals surface area contributed by atoms with E-state index in [1.165, 1.54) is 2.88 Å². The summed E-state index contributed by atoms with van der Waals surface area (Å²) >= 11 is 7.43. The van der Waals surface area contributed by atoms with Crippen molar-refractivity contribution in [3.63, 3.8) is 0 Å². The zero-order valence-electron chi connectivity index (χ0n) is 8.50. The van der Waals surface area contributed by atoms with Gasteiger partial charge in [-0.3, -0.25) is 0 Å². The smallest absolute Gasteiger partial charge is 0.139 e. The summed E-state index contributed by atoms with van der Waals surface area (Å²) in [4.78, 5) is 7.83. The highest BCUT2D eigenvalue weighted by molar-refractivity contribution is 14.1. The van der Waals surface area contributed by atoms with Gasteiger partial charge in [0.15, 0.2) is 0 Å². The maximum Gasteiger partial charge on any atom is 0.139 e. The van der Waals surface area contributed by atoms with Gasteiger partial charge in [0.05, 0.1) is 14.1 Å². The second-order valence-electron chi connectivity index (χ2n) is 3.62. The highest BCUT2D eigenvalue weighted by atomic mass is 127. The number of hydrogen-bond acceptors (Lipinski definition) is 3. The van der Waals surface area contributed by atoms with Crippen molar-refractivity contribution in [1.82, 2.24) is 9.97 Å². The highest BCUT2D eigenvalue weighted by Gasteiger charge is 2.09. The largest absolute Gasteiger partial charge is 0.397 e. The molecule has 0 bridgehead atoms. The molecular formula is C11H7BrIN3S. The fourth-order valence-electron chi connectivity index (χ4n) is 1.68. The monoisotopic (exact) mass is 419 g/mol. The molecule has 0 aliphatic heterocycles. The molecule has 17 heavy (non-hydrogen) atoms. The van der Waals surface area contributed by atoms with Gasteiger partial charge in [0.25, 0.3) is 0 Å². The minimum atomic E-state index is 0.682. The van der Waals surface area contributed by atoms with Crippen LogP contribution < -0.4 is 5.73 Å². The number of H-pyrrole nitrogens is 1. The Kier molecular flexibility index (Phi) is 2.87. The van der Waals surface area contributed by atoms with Gasteiger partial charge in [0.2, 0.25) is 0 Å². The Hall–Kier alpha value is -0.600. The van der Waals surface area contributed by atoms with Crippen molar-refractivity contribution in [1.29, 1.82) is 0 Å². The number of thiophene rings is 1. The van der Waals surface area contributed by atoms with Crippen molar-refractivity contribution < 1.29 is 0 Å². The summed E-state index contributed by atoms with van der Waals surface area (Å²) in [5, 5.41) is 2.09. The number of fused-ring (bicyclic) bond motifs is 1. The minimum Gasteiger partial charge on any atom is -0.397 e. The van der Waals surface area contributed by atoms with Crippen LogP contribution in [-0.4, -0.2) is 9.97 Å².